The predicted molar refractivity (Wildman–Crippen MR) is 93.0 cm³/mol. The monoisotopic (exact) mass is 375 g/mol. The Morgan fingerprint density at radius 2 is 2.19 bits per heavy atom. The molecule has 1 aliphatic rings. The Labute approximate surface area is 153 Å². The lowest BCUT2D eigenvalue weighted by atomic mass is 10.00. The molecule has 3 rings (SSSR count). The fraction of sp³-hybridized carbons (Fsp3) is 0.353. The van der Waals surface area contributed by atoms with Gasteiger partial charge in [0.15, 0.2) is 0 Å². The maximum Gasteiger partial charge on any atom is 0.432 e. The first-order valence-electron chi connectivity index (χ1n) is 8.22. The van der Waals surface area contributed by atoms with Gasteiger partial charge >= 0.3 is 6.18 Å². The molecule has 2 N–H and O–H groups in total. The number of H-pyrrole nitrogens is 1. The molecule has 7 nitrogen and oxygen atoms in total. The molecule has 0 saturated carbocycles. The zero-order valence-electron chi connectivity index (χ0n) is 14.2. The van der Waals surface area contributed by atoms with E-state index in [1.165, 1.54) is 12.5 Å². The third kappa shape index (κ3) is 4.49. The van der Waals surface area contributed by atoms with E-state index in [2.05, 4.69) is 26.0 Å². The van der Waals surface area contributed by atoms with Crippen LogP contribution in [0.15, 0.2) is 24.7 Å². The first-order chi connectivity index (χ1) is 12.9. The van der Waals surface area contributed by atoms with Gasteiger partial charge in [0.25, 0.3) is 0 Å². The van der Waals surface area contributed by atoms with Crippen molar-refractivity contribution < 1.29 is 13.2 Å². The second kappa shape index (κ2) is 7.57. The van der Waals surface area contributed by atoms with Gasteiger partial charge in [0.2, 0.25) is 0 Å². The van der Waals surface area contributed by atoms with Gasteiger partial charge in [-0.1, -0.05) is 0 Å². The third-order valence-corrected chi connectivity index (χ3v) is 4.17. The molecule has 140 valence electrons. The Kier molecular flexibility index (Phi) is 5.21. The zero-order chi connectivity index (χ0) is 19.4. The van der Waals surface area contributed by atoms with Crippen LogP contribution in [-0.2, 0) is 0 Å². The Morgan fingerprint density at radius 3 is 2.93 bits per heavy atom. The van der Waals surface area contributed by atoms with Crippen LogP contribution in [-0.4, -0.2) is 44.9 Å². The van der Waals surface area contributed by atoms with Gasteiger partial charge in [-0.05, 0) is 25.0 Å². The highest BCUT2D eigenvalue weighted by atomic mass is 19.4. The summed E-state index contributed by atoms with van der Waals surface area (Å²) < 4.78 is 37.0. The second-order valence-electron chi connectivity index (χ2n) is 6.10. The van der Waals surface area contributed by atoms with Crippen LogP contribution in [0.25, 0.3) is 17.5 Å². The van der Waals surface area contributed by atoms with Crippen LogP contribution >= 0.6 is 0 Å². The van der Waals surface area contributed by atoms with Gasteiger partial charge in [-0.2, -0.15) is 18.4 Å². The Bertz CT molecular complexity index is 894. The number of aromatic nitrogens is 4. The van der Waals surface area contributed by atoms with E-state index >= 15 is 0 Å². The van der Waals surface area contributed by atoms with Crippen molar-refractivity contribution in [2.45, 2.75) is 19.0 Å². The minimum absolute atomic E-state index is 0.0370. The number of alkyl halides is 3. The van der Waals surface area contributed by atoms with Crippen molar-refractivity contribution in [1.82, 2.24) is 19.9 Å². The SMILES string of the molecule is N#CC1CCCN(c2cc(-c3cnc(/C=C\C(=N)C(F)(F)F)[nH]3)ncn2)C1. The molecule has 0 aliphatic carbocycles. The van der Waals surface area contributed by atoms with Crippen molar-refractivity contribution in [3.63, 3.8) is 0 Å². The second-order valence-corrected chi connectivity index (χ2v) is 6.10. The smallest absolute Gasteiger partial charge is 0.355 e. The van der Waals surface area contributed by atoms with E-state index in [9.17, 15) is 13.2 Å². The number of nitrogens with zero attached hydrogens (tertiary/aromatic N) is 5. The van der Waals surface area contributed by atoms with Gasteiger partial charge in [0, 0.05) is 19.2 Å². The largest absolute Gasteiger partial charge is 0.432 e. The van der Waals surface area contributed by atoms with E-state index in [0.29, 0.717) is 29.8 Å². The average molecular weight is 375 g/mol. The topological polar surface area (TPSA) is 105 Å². The number of hydrogen-bond acceptors (Lipinski definition) is 6. The van der Waals surface area contributed by atoms with Gasteiger partial charge in [0.05, 0.1) is 29.6 Å². The fourth-order valence-electron chi connectivity index (χ4n) is 2.77. The molecule has 0 amide bonds. The van der Waals surface area contributed by atoms with E-state index in [-0.39, 0.29) is 11.7 Å². The fourth-order valence-corrected chi connectivity index (χ4v) is 2.77. The van der Waals surface area contributed by atoms with Crippen LogP contribution in [0.4, 0.5) is 19.0 Å². The minimum Gasteiger partial charge on any atom is -0.355 e. The number of nitriles is 1. The molecule has 0 bridgehead atoms. The Morgan fingerprint density at radius 1 is 1.37 bits per heavy atom. The molecule has 1 fully saturated rings. The summed E-state index contributed by atoms with van der Waals surface area (Å²) in [5.74, 6) is 0.831. The van der Waals surface area contributed by atoms with Gasteiger partial charge < -0.3 is 9.88 Å². The number of anilines is 1. The number of aromatic amines is 1. The highest BCUT2D eigenvalue weighted by Gasteiger charge is 2.32. The van der Waals surface area contributed by atoms with Crippen molar-refractivity contribution in [1.29, 1.82) is 10.7 Å². The first kappa shape index (κ1) is 18.6. The van der Waals surface area contributed by atoms with E-state index in [1.54, 1.807) is 6.07 Å². The molecule has 0 radical (unpaired) electrons. The molecule has 27 heavy (non-hydrogen) atoms. The zero-order valence-corrected chi connectivity index (χ0v) is 14.2. The summed E-state index contributed by atoms with van der Waals surface area (Å²) in [6.07, 6.45) is 1.67. The quantitative estimate of drug-likeness (QED) is 0.799. The molecular formula is C17H16F3N7. The van der Waals surface area contributed by atoms with Gasteiger partial charge in [-0.15, -0.1) is 0 Å². The van der Waals surface area contributed by atoms with Crippen molar-refractivity contribution in [2.75, 3.05) is 18.0 Å². The summed E-state index contributed by atoms with van der Waals surface area (Å²) in [7, 11) is 0. The minimum atomic E-state index is -4.69. The number of imidazole rings is 1. The highest BCUT2D eigenvalue weighted by Crippen LogP contribution is 2.24. The summed E-state index contributed by atoms with van der Waals surface area (Å²) in [5, 5.41) is 16.0. The summed E-state index contributed by atoms with van der Waals surface area (Å²) in [5.41, 5.74) is -0.398. The summed E-state index contributed by atoms with van der Waals surface area (Å²) in [6.45, 7) is 1.40. The summed E-state index contributed by atoms with van der Waals surface area (Å²) in [6, 6.07) is 4.03. The van der Waals surface area contributed by atoms with Crippen LogP contribution in [0.3, 0.4) is 0 Å². The molecule has 2 aromatic rings. The summed E-state index contributed by atoms with van der Waals surface area (Å²) in [4.78, 5) is 17.3. The van der Waals surface area contributed by atoms with Crippen molar-refractivity contribution in [2.24, 2.45) is 5.92 Å². The van der Waals surface area contributed by atoms with E-state index in [1.807, 2.05) is 4.90 Å². The molecule has 10 heteroatoms. The number of allylic oxidation sites excluding steroid dienone is 1. The van der Waals surface area contributed by atoms with E-state index < -0.39 is 11.9 Å². The molecule has 0 aromatic carbocycles. The number of halogens is 3. The first-order valence-corrected chi connectivity index (χ1v) is 8.22. The molecular weight excluding hydrogens is 359 g/mol. The van der Waals surface area contributed by atoms with E-state index in [0.717, 1.165) is 25.5 Å². The Hall–Kier alpha value is -3.22. The van der Waals surface area contributed by atoms with Crippen molar-refractivity contribution >= 4 is 17.6 Å². The average Bonchev–Trinajstić information content (AvgIpc) is 3.14. The summed E-state index contributed by atoms with van der Waals surface area (Å²) >= 11 is 0. The number of nitrogens with one attached hydrogen (secondary N) is 2. The number of rotatable bonds is 4. The van der Waals surface area contributed by atoms with Crippen LogP contribution in [0, 0.1) is 22.7 Å². The molecule has 1 saturated heterocycles. The molecule has 0 spiro atoms. The normalized spacial score (nSPS) is 17.9. The van der Waals surface area contributed by atoms with Crippen LogP contribution in [0.5, 0.6) is 0 Å². The molecule has 1 unspecified atom stereocenters. The van der Waals surface area contributed by atoms with Crippen molar-refractivity contribution in [3.05, 3.63) is 30.5 Å². The predicted octanol–water partition coefficient (Wildman–Crippen LogP) is 3.20. The van der Waals surface area contributed by atoms with Crippen LogP contribution in [0.1, 0.15) is 18.7 Å². The molecule has 3 heterocycles. The van der Waals surface area contributed by atoms with Gasteiger partial charge in [0.1, 0.15) is 23.7 Å². The van der Waals surface area contributed by atoms with Crippen LogP contribution < -0.4 is 4.90 Å². The maximum absolute atomic E-state index is 12.3. The lowest BCUT2D eigenvalue weighted by Crippen LogP contribution is -2.35. The maximum atomic E-state index is 12.3. The molecule has 1 aliphatic heterocycles. The van der Waals surface area contributed by atoms with E-state index in [4.69, 9.17) is 10.7 Å². The standard InChI is InChI=1S/C17H16F3N7/c18-17(19,20)14(22)3-4-15-23-8-13(26-15)12-6-16(25-10-24-12)27-5-1-2-11(7-21)9-27/h3-4,6,8,10-11,22H,1-2,5,9H2,(H,23,26)/b4-3-,22-14?. The number of piperidine rings is 1. The van der Waals surface area contributed by atoms with Crippen LogP contribution in [0.2, 0.25) is 0 Å². The van der Waals surface area contributed by atoms with Gasteiger partial charge in [-0.25, -0.2) is 15.0 Å². The lowest BCUT2D eigenvalue weighted by molar-refractivity contribution is -0.0583. The Balaban J connectivity index is 1.76. The molecule has 1 atom stereocenters. The molecule has 2 aromatic heterocycles. The van der Waals surface area contributed by atoms with Gasteiger partial charge in [-0.3, -0.25) is 5.41 Å². The van der Waals surface area contributed by atoms with Crippen molar-refractivity contribution in [3.8, 4) is 17.5 Å². The number of hydrogen-bond donors (Lipinski definition) is 2. The lowest BCUT2D eigenvalue weighted by Gasteiger charge is -2.30. The highest BCUT2D eigenvalue weighted by molar-refractivity contribution is 5.99. The third-order valence-electron chi connectivity index (χ3n) is 4.17.